The third-order valence-electron chi connectivity index (χ3n) is 2.34. The molecule has 1 N–H and O–H groups in total. The van der Waals surface area contributed by atoms with E-state index in [9.17, 15) is 4.79 Å². The van der Waals surface area contributed by atoms with Gasteiger partial charge in [-0.15, -0.1) is 0 Å². The summed E-state index contributed by atoms with van der Waals surface area (Å²) in [5.41, 5.74) is 1.40. The van der Waals surface area contributed by atoms with E-state index in [0.717, 1.165) is 9.26 Å². The number of rotatable bonds is 3. The van der Waals surface area contributed by atoms with Crippen LogP contribution in [-0.2, 0) is 4.74 Å². The van der Waals surface area contributed by atoms with Crippen molar-refractivity contribution in [3.8, 4) is 0 Å². The molecule has 0 amide bonds. The van der Waals surface area contributed by atoms with E-state index in [1.807, 2.05) is 18.2 Å². The molecule has 4 nitrogen and oxygen atoms in total. The Hall–Kier alpha value is -0.860. The quantitative estimate of drug-likeness (QED) is 0.610. The predicted molar refractivity (Wildman–Crippen MR) is 85.6 cm³/mol. The maximum atomic E-state index is 11.5. The van der Waals surface area contributed by atoms with Crippen molar-refractivity contribution in [2.45, 2.75) is 6.92 Å². The van der Waals surface area contributed by atoms with E-state index < -0.39 is 0 Å². The molecule has 0 aliphatic carbocycles. The molecule has 0 saturated heterocycles. The van der Waals surface area contributed by atoms with Crippen LogP contribution >= 0.6 is 45.5 Å². The zero-order valence-corrected chi connectivity index (χ0v) is 13.9. The van der Waals surface area contributed by atoms with Gasteiger partial charge >= 0.3 is 5.97 Å². The van der Waals surface area contributed by atoms with Gasteiger partial charge in [0.05, 0.1) is 23.5 Å². The number of methoxy groups -OCH3 is 1. The van der Waals surface area contributed by atoms with Crippen LogP contribution in [0.3, 0.4) is 0 Å². The number of halogens is 2. The van der Waals surface area contributed by atoms with Crippen molar-refractivity contribution >= 4 is 62.3 Å². The number of ether oxygens (including phenoxy) is 1. The van der Waals surface area contributed by atoms with Gasteiger partial charge in [-0.2, -0.15) is 0 Å². The first-order chi connectivity index (χ1) is 9.01. The zero-order valence-electron chi connectivity index (χ0n) is 10.2. The highest BCUT2D eigenvalue weighted by atomic mass is 127. The molecule has 0 bridgehead atoms. The molecule has 19 heavy (non-hydrogen) atoms. The minimum absolute atomic E-state index is 0.378. The Morgan fingerprint density at radius 2 is 2.26 bits per heavy atom. The molecule has 2 aromatic rings. The summed E-state index contributed by atoms with van der Waals surface area (Å²) < 4.78 is 5.75. The normalized spacial score (nSPS) is 10.3. The molecule has 0 fully saturated rings. The van der Waals surface area contributed by atoms with Crippen molar-refractivity contribution in [2.24, 2.45) is 0 Å². The van der Waals surface area contributed by atoms with E-state index in [4.69, 9.17) is 16.3 Å². The second-order valence-electron chi connectivity index (χ2n) is 3.67. The van der Waals surface area contributed by atoms with Crippen LogP contribution in [0.4, 0.5) is 10.8 Å². The summed E-state index contributed by atoms with van der Waals surface area (Å²) in [6.07, 6.45) is 0. The number of carbonyl (C=O) groups excluding carboxylic acids is 1. The van der Waals surface area contributed by atoms with E-state index in [1.165, 1.54) is 18.4 Å². The largest absolute Gasteiger partial charge is 0.465 e. The van der Waals surface area contributed by atoms with E-state index in [0.29, 0.717) is 20.7 Å². The van der Waals surface area contributed by atoms with Gasteiger partial charge in [0.25, 0.3) is 0 Å². The van der Waals surface area contributed by atoms with Crippen molar-refractivity contribution in [1.82, 2.24) is 4.98 Å². The van der Waals surface area contributed by atoms with Crippen LogP contribution in [0.1, 0.15) is 15.4 Å². The van der Waals surface area contributed by atoms with Crippen LogP contribution in [-0.4, -0.2) is 18.1 Å². The van der Waals surface area contributed by atoms with Crippen LogP contribution < -0.4 is 5.32 Å². The maximum Gasteiger partial charge on any atom is 0.350 e. The van der Waals surface area contributed by atoms with Gasteiger partial charge in [-0.3, -0.25) is 0 Å². The van der Waals surface area contributed by atoms with Crippen molar-refractivity contribution in [2.75, 3.05) is 12.4 Å². The summed E-state index contributed by atoms with van der Waals surface area (Å²) in [4.78, 5) is 16.3. The standard InChI is InChI=1S/C12H10ClIN2O2S/c1-6-10(11(17)18-2)19-12(15-6)16-9-4-3-7(14)5-8(9)13/h3-5H,1-2H3,(H,15,16). The van der Waals surface area contributed by atoms with Crippen LogP contribution in [0.5, 0.6) is 0 Å². The maximum absolute atomic E-state index is 11.5. The molecule has 7 heteroatoms. The van der Waals surface area contributed by atoms with Crippen molar-refractivity contribution in [3.63, 3.8) is 0 Å². The van der Waals surface area contributed by atoms with Gasteiger partial charge in [-0.25, -0.2) is 9.78 Å². The third-order valence-corrected chi connectivity index (χ3v) is 4.38. The SMILES string of the molecule is COC(=O)c1sc(Nc2ccc(I)cc2Cl)nc1C. The molecule has 0 radical (unpaired) electrons. The number of anilines is 2. The number of benzene rings is 1. The van der Waals surface area contributed by atoms with Gasteiger partial charge < -0.3 is 10.1 Å². The van der Waals surface area contributed by atoms with E-state index in [2.05, 4.69) is 32.9 Å². The fraction of sp³-hybridized carbons (Fsp3) is 0.167. The zero-order chi connectivity index (χ0) is 14.0. The van der Waals surface area contributed by atoms with Gasteiger partial charge in [-0.1, -0.05) is 22.9 Å². The molecule has 2 rings (SSSR count). The van der Waals surface area contributed by atoms with Crippen LogP contribution in [0, 0.1) is 10.5 Å². The number of esters is 1. The average molecular weight is 409 g/mol. The number of aryl methyl sites for hydroxylation is 1. The molecule has 100 valence electrons. The molecule has 1 heterocycles. The minimum Gasteiger partial charge on any atom is -0.465 e. The average Bonchev–Trinajstić information content (AvgIpc) is 2.73. The fourth-order valence-corrected chi connectivity index (χ4v) is 3.24. The van der Waals surface area contributed by atoms with Gasteiger partial charge in [0.15, 0.2) is 5.13 Å². The minimum atomic E-state index is -0.378. The van der Waals surface area contributed by atoms with Crippen molar-refractivity contribution in [3.05, 3.63) is 37.4 Å². The highest BCUT2D eigenvalue weighted by molar-refractivity contribution is 14.1. The molecule has 1 aromatic carbocycles. The Balaban J connectivity index is 2.26. The first kappa shape index (κ1) is 14.5. The fourth-order valence-electron chi connectivity index (χ4n) is 1.44. The molecule has 0 saturated carbocycles. The number of nitrogens with zero attached hydrogens (tertiary/aromatic N) is 1. The summed E-state index contributed by atoms with van der Waals surface area (Å²) in [7, 11) is 1.35. The number of aromatic nitrogens is 1. The van der Waals surface area contributed by atoms with Gasteiger partial charge in [0, 0.05) is 3.57 Å². The number of carbonyl (C=O) groups is 1. The van der Waals surface area contributed by atoms with Crippen molar-refractivity contribution in [1.29, 1.82) is 0 Å². The number of hydrogen-bond donors (Lipinski definition) is 1. The van der Waals surface area contributed by atoms with E-state index >= 15 is 0 Å². The molecule has 0 unspecified atom stereocenters. The molecule has 0 spiro atoms. The first-order valence-electron chi connectivity index (χ1n) is 5.29. The monoisotopic (exact) mass is 408 g/mol. The molecular formula is C12H10ClIN2O2S. The van der Waals surface area contributed by atoms with Gasteiger partial charge in [0.1, 0.15) is 4.88 Å². The second-order valence-corrected chi connectivity index (χ2v) is 6.33. The summed E-state index contributed by atoms with van der Waals surface area (Å²) in [6, 6.07) is 5.67. The summed E-state index contributed by atoms with van der Waals surface area (Å²) in [5.74, 6) is -0.378. The Labute approximate surface area is 133 Å². The van der Waals surface area contributed by atoms with Crippen LogP contribution in [0.2, 0.25) is 5.02 Å². The molecular weight excluding hydrogens is 399 g/mol. The lowest BCUT2D eigenvalue weighted by atomic mass is 10.3. The number of nitrogens with one attached hydrogen (secondary N) is 1. The Kier molecular flexibility index (Phi) is 4.64. The Bertz CT molecular complexity index is 630. The molecule has 0 atom stereocenters. The van der Waals surface area contributed by atoms with E-state index in [-0.39, 0.29) is 5.97 Å². The van der Waals surface area contributed by atoms with E-state index in [1.54, 1.807) is 6.92 Å². The number of hydrogen-bond acceptors (Lipinski definition) is 5. The lowest BCUT2D eigenvalue weighted by Gasteiger charge is -2.05. The summed E-state index contributed by atoms with van der Waals surface area (Å²) >= 11 is 9.57. The second kappa shape index (κ2) is 6.06. The topological polar surface area (TPSA) is 51.2 Å². The third kappa shape index (κ3) is 3.37. The van der Waals surface area contributed by atoms with Gasteiger partial charge in [0.2, 0.25) is 0 Å². The van der Waals surface area contributed by atoms with Crippen LogP contribution in [0.25, 0.3) is 0 Å². The Morgan fingerprint density at radius 3 is 2.89 bits per heavy atom. The highest BCUT2D eigenvalue weighted by Gasteiger charge is 2.16. The Morgan fingerprint density at radius 1 is 1.53 bits per heavy atom. The number of thiazole rings is 1. The predicted octanol–water partition coefficient (Wildman–Crippen LogP) is 4.24. The molecule has 1 aromatic heterocycles. The first-order valence-corrected chi connectivity index (χ1v) is 7.56. The summed E-state index contributed by atoms with van der Waals surface area (Å²) in [6.45, 7) is 1.77. The van der Waals surface area contributed by atoms with Crippen molar-refractivity contribution < 1.29 is 9.53 Å². The highest BCUT2D eigenvalue weighted by Crippen LogP contribution is 2.30. The smallest absolute Gasteiger partial charge is 0.350 e. The van der Waals surface area contributed by atoms with Crippen LogP contribution in [0.15, 0.2) is 18.2 Å². The molecule has 0 aliphatic heterocycles. The lowest BCUT2D eigenvalue weighted by molar-refractivity contribution is 0.0605. The van der Waals surface area contributed by atoms with Gasteiger partial charge in [-0.05, 0) is 47.7 Å². The summed E-state index contributed by atoms with van der Waals surface area (Å²) in [5, 5.41) is 4.33. The molecule has 0 aliphatic rings. The lowest BCUT2D eigenvalue weighted by Crippen LogP contribution is -1.99.